The first-order chi connectivity index (χ1) is 18.4. The second-order valence-corrected chi connectivity index (χ2v) is 11.0. The maximum atomic E-state index is 13.3. The molecule has 0 saturated carbocycles. The Kier molecular flexibility index (Phi) is 8.97. The van der Waals surface area contributed by atoms with Crippen molar-refractivity contribution in [2.24, 2.45) is 0 Å². The van der Waals surface area contributed by atoms with Gasteiger partial charge in [0.2, 0.25) is 10.0 Å². The van der Waals surface area contributed by atoms with Crippen LogP contribution in [0.15, 0.2) is 86.9 Å². The Morgan fingerprint density at radius 1 is 0.923 bits per heavy atom. The van der Waals surface area contributed by atoms with Gasteiger partial charge >= 0.3 is 0 Å². The zero-order valence-corrected chi connectivity index (χ0v) is 23.6. The monoisotopic (exact) mass is 569 g/mol. The third-order valence-electron chi connectivity index (χ3n) is 6.95. The lowest BCUT2D eigenvalue weighted by molar-refractivity contribution is 0.261. The van der Waals surface area contributed by atoms with E-state index in [-0.39, 0.29) is 40.2 Å². The molecular weight excluding hydrogens is 538 g/mol. The molecule has 0 aliphatic carbocycles. The molecule has 1 saturated heterocycles. The summed E-state index contributed by atoms with van der Waals surface area (Å²) in [4.78, 5) is 17.6. The lowest BCUT2D eigenvalue weighted by atomic mass is 10.1. The fraction of sp³-hybridized carbons (Fsp3) is 0.276. The van der Waals surface area contributed by atoms with Crippen LogP contribution in [0.4, 0.5) is 5.69 Å². The number of halogens is 1. The van der Waals surface area contributed by atoms with E-state index in [1.165, 1.54) is 6.07 Å². The number of anilines is 1. The van der Waals surface area contributed by atoms with E-state index >= 15 is 0 Å². The molecule has 1 aromatic heterocycles. The molecule has 0 atom stereocenters. The molecule has 2 heterocycles. The number of sulfonamides is 1. The lowest BCUT2D eigenvalue weighted by Crippen LogP contribution is -2.48. The third-order valence-corrected chi connectivity index (χ3v) is 8.44. The molecule has 0 radical (unpaired) electrons. The summed E-state index contributed by atoms with van der Waals surface area (Å²) in [6.45, 7) is 5.77. The van der Waals surface area contributed by atoms with Gasteiger partial charge < -0.3 is 14.1 Å². The van der Waals surface area contributed by atoms with Crippen LogP contribution in [0.3, 0.4) is 0 Å². The molecule has 10 heteroatoms. The molecule has 0 unspecified atom stereocenters. The molecule has 0 spiro atoms. The minimum atomic E-state index is -3.92. The number of fused-ring (bicyclic) bond motifs is 1. The molecule has 206 valence electrons. The summed E-state index contributed by atoms with van der Waals surface area (Å²) < 4.78 is 40.9. The number of nitrogens with zero attached hydrogens (tertiary/aromatic N) is 2. The first kappa shape index (κ1) is 28.6. The zero-order valence-electron chi connectivity index (χ0n) is 21.9. The molecular formula is C29H32ClN3O5S. The summed E-state index contributed by atoms with van der Waals surface area (Å²) >= 11 is 0. The predicted octanol–water partition coefficient (Wildman–Crippen LogP) is 4.30. The van der Waals surface area contributed by atoms with Crippen molar-refractivity contribution in [3.63, 3.8) is 0 Å². The van der Waals surface area contributed by atoms with Crippen LogP contribution in [0.5, 0.6) is 5.75 Å². The van der Waals surface area contributed by atoms with Crippen molar-refractivity contribution in [1.29, 1.82) is 0 Å². The van der Waals surface area contributed by atoms with Crippen molar-refractivity contribution in [1.82, 2.24) is 9.62 Å². The molecule has 39 heavy (non-hydrogen) atoms. The summed E-state index contributed by atoms with van der Waals surface area (Å²) in [6, 6.07) is 21.8. The fourth-order valence-electron chi connectivity index (χ4n) is 4.88. The van der Waals surface area contributed by atoms with Crippen LogP contribution in [0.1, 0.15) is 5.56 Å². The van der Waals surface area contributed by atoms with Gasteiger partial charge in [-0.15, -0.1) is 12.4 Å². The predicted molar refractivity (Wildman–Crippen MR) is 157 cm³/mol. The molecule has 1 aliphatic rings. The molecule has 1 N–H and O–H groups in total. The second-order valence-electron chi connectivity index (χ2n) is 9.28. The minimum Gasteiger partial charge on any atom is -0.495 e. The highest BCUT2D eigenvalue weighted by molar-refractivity contribution is 7.89. The van der Waals surface area contributed by atoms with Gasteiger partial charge in [-0.1, -0.05) is 48.5 Å². The molecule has 1 aliphatic heterocycles. The maximum Gasteiger partial charge on any atom is 0.244 e. The van der Waals surface area contributed by atoms with Crippen molar-refractivity contribution in [3.05, 3.63) is 88.6 Å². The smallest absolute Gasteiger partial charge is 0.244 e. The summed E-state index contributed by atoms with van der Waals surface area (Å²) in [5, 5.41) is 0.248. The second kappa shape index (κ2) is 12.2. The number of para-hydroxylation sites is 3. The lowest BCUT2D eigenvalue weighted by Gasteiger charge is -2.36. The number of ether oxygens (including phenoxy) is 1. The van der Waals surface area contributed by atoms with E-state index in [2.05, 4.69) is 20.6 Å². The zero-order chi connectivity index (χ0) is 26.7. The fourth-order valence-corrected chi connectivity index (χ4v) is 6.05. The van der Waals surface area contributed by atoms with Crippen molar-refractivity contribution in [2.45, 2.75) is 11.8 Å². The molecule has 4 aromatic rings. The number of piperazine rings is 1. The van der Waals surface area contributed by atoms with E-state index < -0.39 is 10.0 Å². The van der Waals surface area contributed by atoms with Crippen LogP contribution in [0.2, 0.25) is 0 Å². The van der Waals surface area contributed by atoms with Crippen molar-refractivity contribution in [2.75, 3.05) is 51.3 Å². The summed E-state index contributed by atoms with van der Waals surface area (Å²) in [5.41, 5.74) is 2.06. The van der Waals surface area contributed by atoms with Crippen LogP contribution >= 0.6 is 12.4 Å². The summed E-state index contributed by atoms with van der Waals surface area (Å²) in [7, 11) is -2.24. The third kappa shape index (κ3) is 5.96. The van der Waals surface area contributed by atoms with Crippen LogP contribution in [-0.4, -0.2) is 59.7 Å². The molecule has 0 amide bonds. The van der Waals surface area contributed by atoms with Gasteiger partial charge in [0.15, 0.2) is 11.0 Å². The largest absolute Gasteiger partial charge is 0.495 e. The quantitative estimate of drug-likeness (QED) is 0.338. The Morgan fingerprint density at radius 2 is 1.62 bits per heavy atom. The van der Waals surface area contributed by atoms with Gasteiger partial charge in [0.05, 0.1) is 18.2 Å². The topological polar surface area (TPSA) is 92.1 Å². The SMILES string of the molecule is COc1ccccc1N1CCN(CCNS(=O)(=O)c2cccc3c(=O)c(C)c(-c4ccccc4)oc23)CC1.Cl. The Labute approximate surface area is 234 Å². The first-order valence-electron chi connectivity index (χ1n) is 12.6. The normalized spacial score (nSPS) is 14.3. The first-order valence-corrected chi connectivity index (χ1v) is 14.1. The van der Waals surface area contributed by atoms with E-state index in [1.54, 1.807) is 26.2 Å². The van der Waals surface area contributed by atoms with E-state index in [0.717, 1.165) is 43.2 Å². The standard InChI is InChI=1S/C29H31N3O5S.ClH/c1-21-27(33)23-11-8-14-26(29(23)37-28(21)22-9-4-3-5-10-22)38(34,35)30-15-16-31-17-19-32(20-18-31)24-12-6-7-13-25(24)36-2;/h3-14,30H,15-20H2,1-2H3;1H. The average Bonchev–Trinajstić information content (AvgIpc) is 2.95. The maximum absolute atomic E-state index is 13.3. The van der Waals surface area contributed by atoms with E-state index in [4.69, 9.17) is 9.15 Å². The number of hydrogen-bond acceptors (Lipinski definition) is 7. The number of nitrogens with one attached hydrogen (secondary N) is 1. The van der Waals surface area contributed by atoms with E-state index in [0.29, 0.717) is 17.9 Å². The van der Waals surface area contributed by atoms with Crippen LogP contribution in [0, 0.1) is 6.92 Å². The minimum absolute atomic E-state index is 0. The summed E-state index contributed by atoms with van der Waals surface area (Å²) in [5.74, 6) is 1.22. The van der Waals surface area contributed by atoms with Gasteiger partial charge in [-0.05, 0) is 31.2 Å². The molecule has 8 nitrogen and oxygen atoms in total. The van der Waals surface area contributed by atoms with Crippen molar-refractivity contribution < 1.29 is 17.6 Å². The van der Waals surface area contributed by atoms with Crippen LogP contribution < -0.4 is 19.8 Å². The number of rotatable bonds is 8. The highest BCUT2D eigenvalue weighted by atomic mass is 35.5. The van der Waals surface area contributed by atoms with Gasteiger partial charge in [0, 0.05) is 50.4 Å². The Hall–Kier alpha value is -3.37. The van der Waals surface area contributed by atoms with E-state index in [1.807, 2.05) is 48.5 Å². The molecule has 3 aromatic carbocycles. The van der Waals surface area contributed by atoms with Crippen molar-refractivity contribution >= 4 is 39.1 Å². The Morgan fingerprint density at radius 3 is 2.33 bits per heavy atom. The molecule has 5 rings (SSSR count). The Balaban J connectivity index is 0.00000353. The Bertz CT molecular complexity index is 1600. The number of hydrogen-bond donors (Lipinski definition) is 1. The van der Waals surface area contributed by atoms with Gasteiger partial charge in [-0.25, -0.2) is 13.1 Å². The number of methoxy groups -OCH3 is 1. The highest BCUT2D eigenvalue weighted by Crippen LogP contribution is 2.30. The van der Waals surface area contributed by atoms with Crippen molar-refractivity contribution in [3.8, 4) is 17.1 Å². The highest BCUT2D eigenvalue weighted by Gasteiger charge is 2.24. The number of benzene rings is 3. The molecule has 0 bridgehead atoms. The summed E-state index contributed by atoms with van der Waals surface area (Å²) in [6.07, 6.45) is 0. The average molecular weight is 570 g/mol. The van der Waals surface area contributed by atoms with Crippen LogP contribution in [-0.2, 0) is 10.0 Å². The molecule has 1 fully saturated rings. The van der Waals surface area contributed by atoms with Crippen LogP contribution in [0.25, 0.3) is 22.3 Å². The van der Waals surface area contributed by atoms with Gasteiger partial charge in [0.1, 0.15) is 16.4 Å². The van der Waals surface area contributed by atoms with Gasteiger partial charge in [-0.3, -0.25) is 9.69 Å². The van der Waals surface area contributed by atoms with Gasteiger partial charge in [-0.2, -0.15) is 0 Å². The van der Waals surface area contributed by atoms with Gasteiger partial charge in [0.25, 0.3) is 0 Å². The van der Waals surface area contributed by atoms with E-state index in [9.17, 15) is 13.2 Å².